The number of hydrogen-bond donors (Lipinski definition) is 0. The molecule has 0 saturated heterocycles. The summed E-state index contributed by atoms with van der Waals surface area (Å²) in [5, 5.41) is 0. The smallest absolute Gasteiger partial charge is 0.190 e. The van der Waals surface area contributed by atoms with E-state index in [0.29, 0.717) is 0 Å². The van der Waals surface area contributed by atoms with E-state index in [9.17, 15) is 4.79 Å². The Balaban J connectivity index is 2.53. The number of carbonyl (C=O) groups is 1. The van der Waals surface area contributed by atoms with Gasteiger partial charge in [-0.25, -0.2) is 0 Å². The van der Waals surface area contributed by atoms with Crippen LogP contribution < -0.4 is 4.74 Å². The summed E-state index contributed by atoms with van der Waals surface area (Å²) in [4.78, 5) is 12.3. The van der Waals surface area contributed by atoms with Crippen LogP contribution in [0.3, 0.4) is 0 Å². The van der Waals surface area contributed by atoms with Gasteiger partial charge in [-0.1, -0.05) is 12.1 Å². The van der Waals surface area contributed by atoms with E-state index < -0.39 is 13.9 Å². The fourth-order valence-electron chi connectivity index (χ4n) is 2.41. The molecule has 1 aliphatic carbocycles. The lowest BCUT2D eigenvalue weighted by molar-refractivity contribution is -0.129. The van der Waals surface area contributed by atoms with E-state index in [-0.39, 0.29) is 5.78 Å². The van der Waals surface area contributed by atoms with E-state index in [4.69, 9.17) is 9.16 Å². The summed E-state index contributed by atoms with van der Waals surface area (Å²) in [5.74, 6) is 0.792. The second-order valence-electron chi connectivity index (χ2n) is 5.90. The third-order valence-corrected chi connectivity index (χ3v) is 4.19. The molecule has 1 unspecified atom stereocenters. The van der Waals surface area contributed by atoms with Crippen LogP contribution in [0.15, 0.2) is 24.3 Å². The van der Waals surface area contributed by atoms with Gasteiger partial charge >= 0.3 is 0 Å². The van der Waals surface area contributed by atoms with Crippen molar-refractivity contribution in [3.8, 4) is 5.75 Å². The highest BCUT2D eigenvalue weighted by atomic mass is 28.4. The lowest BCUT2D eigenvalue weighted by Gasteiger charge is -2.37. The Hall–Kier alpha value is -1.39. The van der Waals surface area contributed by atoms with Gasteiger partial charge < -0.3 is 9.16 Å². The van der Waals surface area contributed by atoms with Crippen molar-refractivity contribution >= 4 is 20.2 Å². The molecule has 0 bridgehead atoms. The Labute approximate surface area is 115 Å². The van der Waals surface area contributed by atoms with Crippen molar-refractivity contribution in [2.75, 3.05) is 7.11 Å². The van der Waals surface area contributed by atoms with Crippen molar-refractivity contribution < 1.29 is 14.0 Å². The first-order valence-electron chi connectivity index (χ1n) is 6.37. The zero-order chi connectivity index (χ0) is 14.3. The Bertz CT molecular complexity index is 543. The molecule has 0 aliphatic heterocycles. The van der Waals surface area contributed by atoms with Gasteiger partial charge in [-0.3, -0.25) is 4.79 Å². The van der Waals surface area contributed by atoms with Crippen LogP contribution in [0.2, 0.25) is 19.6 Å². The average Bonchev–Trinajstić information content (AvgIpc) is 2.32. The summed E-state index contributed by atoms with van der Waals surface area (Å²) in [6.07, 6.45) is 3.43. The molecule has 0 saturated carbocycles. The van der Waals surface area contributed by atoms with E-state index in [0.717, 1.165) is 16.9 Å². The molecule has 102 valence electrons. The van der Waals surface area contributed by atoms with Gasteiger partial charge in [0.25, 0.3) is 0 Å². The Kier molecular flexibility index (Phi) is 3.41. The fraction of sp³-hybridized carbons (Fsp3) is 0.400. The summed E-state index contributed by atoms with van der Waals surface area (Å²) >= 11 is 0. The first-order chi connectivity index (χ1) is 8.76. The van der Waals surface area contributed by atoms with Gasteiger partial charge in [-0.15, -0.1) is 0 Å². The summed E-state index contributed by atoms with van der Waals surface area (Å²) in [5.41, 5.74) is 1.03. The molecule has 1 aromatic carbocycles. The average molecular weight is 276 g/mol. The number of ether oxygens (including phenoxy) is 1. The molecule has 2 rings (SSSR count). The minimum Gasteiger partial charge on any atom is -0.497 e. The molecule has 0 aromatic heterocycles. The maximum absolute atomic E-state index is 12.3. The van der Waals surface area contributed by atoms with Crippen LogP contribution in [0.25, 0.3) is 6.08 Å². The van der Waals surface area contributed by atoms with E-state index in [1.54, 1.807) is 13.2 Å². The largest absolute Gasteiger partial charge is 0.497 e. The van der Waals surface area contributed by atoms with Crippen LogP contribution >= 0.6 is 0 Å². The summed E-state index contributed by atoms with van der Waals surface area (Å²) in [7, 11) is -0.199. The Morgan fingerprint density at radius 2 is 1.84 bits per heavy atom. The van der Waals surface area contributed by atoms with Crippen LogP contribution in [0, 0.1) is 0 Å². The molecule has 0 N–H and O–H groups in total. The lowest BCUT2D eigenvalue weighted by atomic mass is 9.83. The first-order valence-corrected chi connectivity index (χ1v) is 9.78. The van der Waals surface area contributed by atoms with Gasteiger partial charge in [0, 0.05) is 0 Å². The van der Waals surface area contributed by atoms with Crippen molar-refractivity contribution in [3.05, 3.63) is 35.4 Å². The van der Waals surface area contributed by atoms with E-state index in [2.05, 4.69) is 19.6 Å². The van der Waals surface area contributed by atoms with Gasteiger partial charge in [0.05, 0.1) is 7.11 Å². The van der Waals surface area contributed by atoms with Gasteiger partial charge in [0.15, 0.2) is 14.1 Å². The second kappa shape index (κ2) is 4.61. The molecule has 0 fully saturated rings. The van der Waals surface area contributed by atoms with Gasteiger partial charge in [0.2, 0.25) is 0 Å². The summed E-state index contributed by atoms with van der Waals surface area (Å²) in [6.45, 7) is 8.13. The zero-order valence-electron chi connectivity index (χ0n) is 12.1. The standard InChI is InChI=1S/C15H20O3Si/c1-15(18-19(3,4)5)13-8-7-12(17-2)10-11(13)6-9-14(15)16/h6-10H,1-5H3. The van der Waals surface area contributed by atoms with E-state index in [1.165, 1.54) is 0 Å². The van der Waals surface area contributed by atoms with Gasteiger partial charge in [0.1, 0.15) is 11.4 Å². The number of carbonyl (C=O) groups excluding carboxylic acids is 1. The van der Waals surface area contributed by atoms with Crippen LogP contribution in [-0.2, 0) is 14.8 Å². The maximum atomic E-state index is 12.3. The molecular formula is C15H20O3Si. The molecule has 1 atom stereocenters. The highest BCUT2D eigenvalue weighted by molar-refractivity contribution is 6.70. The lowest BCUT2D eigenvalue weighted by Crippen LogP contribution is -2.45. The van der Waals surface area contributed by atoms with Crippen molar-refractivity contribution in [2.45, 2.75) is 32.2 Å². The molecule has 4 heteroatoms. The number of rotatable bonds is 3. The van der Waals surface area contributed by atoms with Crippen LogP contribution in [0.4, 0.5) is 0 Å². The normalized spacial score (nSPS) is 22.3. The van der Waals surface area contributed by atoms with Crippen molar-refractivity contribution in [1.82, 2.24) is 0 Å². The number of hydrogen-bond acceptors (Lipinski definition) is 3. The maximum Gasteiger partial charge on any atom is 0.190 e. The first kappa shape index (κ1) is 14.0. The van der Waals surface area contributed by atoms with Crippen LogP contribution in [-0.4, -0.2) is 21.2 Å². The Morgan fingerprint density at radius 1 is 1.16 bits per heavy atom. The minimum atomic E-state index is -1.84. The van der Waals surface area contributed by atoms with Crippen molar-refractivity contribution in [2.24, 2.45) is 0 Å². The monoisotopic (exact) mass is 276 g/mol. The SMILES string of the molecule is COc1ccc2c(c1)C=CC(=O)C2(C)O[Si](C)(C)C. The van der Waals surface area contributed by atoms with Crippen molar-refractivity contribution in [3.63, 3.8) is 0 Å². The van der Waals surface area contributed by atoms with E-state index in [1.807, 2.05) is 31.2 Å². The molecule has 3 nitrogen and oxygen atoms in total. The zero-order valence-corrected chi connectivity index (χ0v) is 13.1. The summed E-state index contributed by atoms with van der Waals surface area (Å²) < 4.78 is 11.4. The van der Waals surface area contributed by atoms with Crippen LogP contribution in [0.5, 0.6) is 5.75 Å². The fourth-order valence-corrected chi connectivity index (χ4v) is 3.85. The Morgan fingerprint density at radius 3 is 2.42 bits per heavy atom. The molecule has 19 heavy (non-hydrogen) atoms. The molecule has 0 heterocycles. The highest BCUT2D eigenvalue weighted by Crippen LogP contribution is 2.38. The predicted molar refractivity (Wildman–Crippen MR) is 78.8 cm³/mol. The molecule has 1 aromatic rings. The van der Waals surface area contributed by atoms with E-state index >= 15 is 0 Å². The molecule has 0 spiro atoms. The third kappa shape index (κ3) is 2.64. The number of methoxy groups -OCH3 is 1. The summed E-state index contributed by atoms with van der Waals surface area (Å²) in [6, 6.07) is 5.73. The second-order valence-corrected chi connectivity index (χ2v) is 10.3. The minimum absolute atomic E-state index is 0.00703. The molecule has 1 aliphatic rings. The predicted octanol–water partition coefficient (Wildman–Crippen LogP) is 3.36. The van der Waals surface area contributed by atoms with Gasteiger partial charge in [-0.2, -0.15) is 0 Å². The third-order valence-electron chi connectivity index (χ3n) is 3.17. The molecule has 0 radical (unpaired) electrons. The molecular weight excluding hydrogens is 256 g/mol. The number of ketones is 1. The van der Waals surface area contributed by atoms with Gasteiger partial charge in [-0.05, 0) is 55.9 Å². The topological polar surface area (TPSA) is 35.5 Å². The molecule has 0 amide bonds. The van der Waals surface area contributed by atoms with Crippen LogP contribution in [0.1, 0.15) is 18.1 Å². The quantitative estimate of drug-likeness (QED) is 0.794. The number of benzene rings is 1. The highest BCUT2D eigenvalue weighted by Gasteiger charge is 2.41. The van der Waals surface area contributed by atoms with Crippen molar-refractivity contribution in [1.29, 1.82) is 0 Å². The number of fused-ring (bicyclic) bond motifs is 1.